The van der Waals surface area contributed by atoms with Gasteiger partial charge in [-0.15, -0.1) is 0 Å². The highest BCUT2D eigenvalue weighted by Crippen LogP contribution is 2.35. The number of rotatable bonds is 3. The molecule has 0 amide bonds. The highest BCUT2D eigenvalue weighted by atomic mass is 79.9. The molecule has 1 aromatic carbocycles. The van der Waals surface area contributed by atoms with Gasteiger partial charge in [0.15, 0.2) is 0 Å². The van der Waals surface area contributed by atoms with Crippen LogP contribution < -0.4 is 4.74 Å². The minimum Gasteiger partial charge on any atom is -0.493 e. The molecule has 0 aliphatic carbocycles. The van der Waals surface area contributed by atoms with Gasteiger partial charge in [-0.25, -0.2) is 0 Å². The molecule has 0 N–H and O–H groups in total. The smallest absolute Gasteiger partial charge is 0.127 e. The maximum Gasteiger partial charge on any atom is 0.127 e. The third-order valence-corrected chi connectivity index (χ3v) is 5.24. The Morgan fingerprint density at radius 1 is 1.47 bits per heavy atom. The standard InChI is InChI=1S/C15H19BrClNO/c1-10-2-4-18(14(10)8-16)9-12-7-13(17)6-11-3-5-19-15(11)12/h6-7,10,14H,2-5,8-9H2,1H3. The Morgan fingerprint density at radius 3 is 3.11 bits per heavy atom. The topological polar surface area (TPSA) is 12.5 Å². The van der Waals surface area contributed by atoms with Crippen LogP contribution in [0.25, 0.3) is 0 Å². The number of hydrogen-bond acceptors (Lipinski definition) is 2. The molecule has 3 rings (SSSR count). The van der Waals surface area contributed by atoms with E-state index in [1.807, 2.05) is 6.07 Å². The second kappa shape index (κ2) is 5.63. The highest BCUT2D eigenvalue weighted by Gasteiger charge is 2.31. The zero-order chi connectivity index (χ0) is 13.4. The van der Waals surface area contributed by atoms with Gasteiger partial charge in [0.1, 0.15) is 5.75 Å². The Hall–Kier alpha value is -0.250. The first-order chi connectivity index (χ1) is 9.19. The van der Waals surface area contributed by atoms with Crippen LogP contribution in [-0.2, 0) is 13.0 Å². The molecule has 2 unspecified atom stereocenters. The van der Waals surface area contributed by atoms with E-state index in [1.165, 1.54) is 24.1 Å². The summed E-state index contributed by atoms with van der Waals surface area (Å²) >= 11 is 9.88. The van der Waals surface area contributed by atoms with Crippen molar-refractivity contribution in [3.8, 4) is 5.75 Å². The van der Waals surface area contributed by atoms with Gasteiger partial charge < -0.3 is 4.74 Å². The molecule has 2 heterocycles. The lowest BCUT2D eigenvalue weighted by Crippen LogP contribution is -2.33. The third kappa shape index (κ3) is 2.65. The SMILES string of the molecule is CC1CCN(Cc2cc(Cl)cc3c2OCC3)C1CBr. The fourth-order valence-electron chi connectivity index (χ4n) is 3.22. The summed E-state index contributed by atoms with van der Waals surface area (Å²) in [5.41, 5.74) is 2.52. The first-order valence-electron chi connectivity index (χ1n) is 6.93. The number of benzene rings is 1. The normalized spacial score (nSPS) is 26.5. The fourth-order valence-corrected chi connectivity index (χ4v) is 4.53. The van der Waals surface area contributed by atoms with Crippen molar-refractivity contribution in [1.82, 2.24) is 4.90 Å². The molecule has 0 saturated carbocycles. The molecule has 1 fully saturated rings. The van der Waals surface area contributed by atoms with Gasteiger partial charge in [0.2, 0.25) is 0 Å². The lowest BCUT2D eigenvalue weighted by molar-refractivity contribution is 0.240. The summed E-state index contributed by atoms with van der Waals surface area (Å²) in [5.74, 6) is 1.84. The van der Waals surface area contributed by atoms with E-state index in [-0.39, 0.29) is 0 Å². The highest BCUT2D eigenvalue weighted by molar-refractivity contribution is 9.09. The van der Waals surface area contributed by atoms with Crippen molar-refractivity contribution in [2.75, 3.05) is 18.5 Å². The maximum absolute atomic E-state index is 6.23. The molecule has 4 heteroatoms. The fraction of sp³-hybridized carbons (Fsp3) is 0.600. The van der Waals surface area contributed by atoms with Crippen molar-refractivity contribution in [2.24, 2.45) is 5.92 Å². The number of likely N-dealkylation sites (tertiary alicyclic amines) is 1. The molecule has 2 nitrogen and oxygen atoms in total. The molecule has 1 aromatic rings. The minimum absolute atomic E-state index is 0.621. The molecule has 19 heavy (non-hydrogen) atoms. The predicted molar refractivity (Wildman–Crippen MR) is 82.4 cm³/mol. The quantitative estimate of drug-likeness (QED) is 0.772. The molecule has 2 aliphatic rings. The first kappa shape index (κ1) is 13.7. The molecule has 0 spiro atoms. The lowest BCUT2D eigenvalue weighted by atomic mass is 10.0. The Balaban J connectivity index is 1.84. The van der Waals surface area contributed by atoms with Gasteiger partial charge in [0.25, 0.3) is 0 Å². The molecule has 104 valence electrons. The van der Waals surface area contributed by atoms with E-state index in [2.05, 4.69) is 33.8 Å². The summed E-state index contributed by atoms with van der Waals surface area (Å²) in [4.78, 5) is 2.55. The predicted octanol–water partition coefficient (Wildman–Crippen LogP) is 3.88. The van der Waals surface area contributed by atoms with Crippen molar-refractivity contribution in [1.29, 1.82) is 0 Å². The second-order valence-corrected chi connectivity index (χ2v) is 6.69. The summed E-state index contributed by atoms with van der Waals surface area (Å²) in [6, 6.07) is 4.73. The summed E-state index contributed by atoms with van der Waals surface area (Å²) < 4.78 is 5.79. The lowest BCUT2D eigenvalue weighted by Gasteiger charge is -2.25. The monoisotopic (exact) mass is 343 g/mol. The Labute approximate surface area is 128 Å². The van der Waals surface area contributed by atoms with E-state index >= 15 is 0 Å². The van der Waals surface area contributed by atoms with Crippen LogP contribution in [0.15, 0.2) is 12.1 Å². The van der Waals surface area contributed by atoms with Crippen LogP contribution in [0.2, 0.25) is 5.02 Å². The van der Waals surface area contributed by atoms with Crippen molar-refractivity contribution in [2.45, 2.75) is 32.4 Å². The number of ether oxygens (including phenoxy) is 1. The third-order valence-electron chi connectivity index (χ3n) is 4.35. The zero-order valence-corrected chi connectivity index (χ0v) is 13.5. The largest absolute Gasteiger partial charge is 0.493 e. The van der Waals surface area contributed by atoms with Crippen LogP contribution >= 0.6 is 27.5 Å². The van der Waals surface area contributed by atoms with E-state index in [1.54, 1.807) is 0 Å². The summed E-state index contributed by atoms with van der Waals surface area (Å²) in [6.45, 7) is 5.24. The van der Waals surface area contributed by atoms with E-state index in [0.29, 0.717) is 6.04 Å². The van der Waals surface area contributed by atoms with Crippen LogP contribution in [0.4, 0.5) is 0 Å². The second-order valence-electron chi connectivity index (χ2n) is 5.61. The number of alkyl halides is 1. The van der Waals surface area contributed by atoms with Crippen molar-refractivity contribution >= 4 is 27.5 Å². The number of halogens is 2. The van der Waals surface area contributed by atoms with E-state index < -0.39 is 0 Å². The van der Waals surface area contributed by atoms with Gasteiger partial charge in [0.05, 0.1) is 6.61 Å². The molecule has 0 aromatic heterocycles. The van der Waals surface area contributed by atoms with Crippen LogP contribution in [0, 0.1) is 5.92 Å². The number of fused-ring (bicyclic) bond motifs is 1. The molecular formula is C15H19BrClNO. The summed E-state index contributed by atoms with van der Waals surface area (Å²) in [6.07, 6.45) is 2.26. The maximum atomic E-state index is 6.23. The molecular weight excluding hydrogens is 326 g/mol. The average molecular weight is 345 g/mol. The molecule has 0 radical (unpaired) electrons. The van der Waals surface area contributed by atoms with Crippen molar-refractivity contribution in [3.05, 3.63) is 28.3 Å². The molecule has 1 saturated heterocycles. The van der Waals surface area contributed by atoms with Crippen molar-refractivity contribution in [3.63, 3.8) is 0 Å². The first-order valence-corrected chi connectivity index (χ1v) is 8.43. The molecule has 2 aliphatic heterocycles. The van der Waals surface area contributed by atoms with Gasteiger partial charge in [-0.1, -0.05) is 34.5 Å². The van der Waals surface area contributed by atoms with E-state index in [0.717, 1.165) is 41.6 Å². The summed E-state index contributed by atoms with van der Waals surface area (Å²) in [7, 11) is 0. The van der Waals surface area contributed by atoms with E-state index in [9.17, 15) is 0 Å². The van der Waals surface area contributed by atoms with Gasteiger partial charge in [-0.2, -0.15) is 0 Å². The van der Waals surface area contributed by atoms with E-state index in [4.69, 9.17) is 16.3 Å². The Bertz CT molecular complexity index is 479. The zero-order valence-electron chi connectivity index (χ0n) is 11.2. The molecule has 2 atom stereocenters. The van der Waals surface area contributed by atoms with Crippen molar-refractivity contribution < 1.29 is 4.74 Å². The molecule has 0 bridgehead atoms. The minimum atomic E-state index is 0.621. The summed E-state index contributed by atoms with van der Waals surface area (Å²) in [5, 5.41) is 1.87. The van der Waals surface area contributed by atoms with Gasteiger partial charge >= 0.3 is 0 Å². The van der Waals surface area contributed by atoms with Crippen LogP contribution in [-0.4, -0.2) is 29.4 Å². The van der Waals surface area contributed by atoms with Gasteiger partial charge in [-0.05, 0) is 36.6 Å². The van der Waals surface area contributed by atoms with Crippen LogP contribution in [0.5, 0.6) is 5.75 Å². The Kier molecular flexibility index (Phi) is 4.06. The van der Waals surface area contributed by atoms with Gasteiger partial charge in [0, 0.05) is 34.9 Å². The number of hydrogen-bond donors (Lipinski definition) is 0. The van der Waals surface area contributed by atoms with Crippen LogP contribution in [0.3, 0.4) is 0 Å². The number of nitrogens with zero attached hydrogens (tertiary/aromatic N) is 1. The van der Waals surface area contributed by atoms with Crippen LogP contribution in [0.1, 0.15) is 24.5 Å². The Morgan fingerprint density at radius 2 is 2.32 bits per heavy atom. The average Bonchev–Trinajstić information content (AvgIpc) is 2.96. The van der Waals surface area contributed by atoms with Gasteiger partial charge in [-0.3, -0.25) is 4.90 Å².